The highest BCUT2D eigenvalue weighted by Crippen LogP contribution is 2.29. The molecule has 0 amide bonds. The van der Waals surface area contributed by atoms with Gasteiger partial charge < -0.3 is 9.90 Å². The number of halogens is 1. The molecular formula is C7H9BrNO2-. The van der Waals surface area contributed by atoms with Gasteiger partial charge in [0, 0.05) is 0 Å². The maximum atomic E-state index is 10.4. The van der Waals surface area contributed by atoms with Gasteiger partial charge in [0.25, 0.3) is 0 Å². The Hall–Kier alpha value is -0.560. The molecule has 0 saturated heterocycles. The monoisotopic (exact) mass is 218 g/mol. The molecule has 0 fully saturated rings. The highest BCUT2D eigenvalue weighted by Gasteiger charge is 2.31. The average molecular weight is 219 g/mol. The second-order valence-electron chi connectivity index (χ2n) is 2.56. The van der Waals surface area contributed by atoms with Crippen LogP contribution in [0.25, 0.3) is 0 Å². The first-order chi connectivity index (χ1) is 4.98. The fraction of sp³-hybridized carbons (Fsp3) is 0.714. The molecule has 11 heavy (non-hydrogen) atoms. The third-order valence-electron chi connectivity index (χ3n) is 1.76. The summed E-state index contributed by atoms with van der Waals surface area (Å²) in [7, 11) is 0. The number of carboxylic acids is 1. The molecule has 0 radical (unpaired) electrons. The molecule has 3 nitrogen and oxygen atoms in total. The fourth-order valence-corrected chi connectivity index (χ4v) is 1.00. The number of carbonyl (C=O) groups excluding carboxylic acids is 1. The van der Waals surface area contributed by atoms with Crippen LogP contribution in [0.1, 0.15) is 20.3 Å². The Morgan fingerprint density at radius 2 is 2.36 bits per heavy atom. The summed E-state index contributed by atoms with van der Waals surface area (Å²) in [6.07, 6.45) is 0.480. The number of carboxylic acid groups (broad SMARTS) is 1. The SMILES string of the molecule is CCC(C)(C#N)C(Br)C(=O)[O-]. The van der Waals surface area contributed by atoms with E-state index in [2.05, 4.69) is 15.9 Å². The van der Waals surface area contributed by atoms with E-state index in [4.69, 9.17) is 5.26 Å². The zero-order chi connectivity index (χ0) is 9.07. The van der Waals surface area contributed by atoms with Gasteiger partial charge in [0.15, 0.2) is 0 Å². The van der Waals surface area contributed by atoms with Gasteiger partial charge in [-0.15, -0.1) is 0 Å². The summed E-state index contributed by atoms with van der Waals surface area (Å²) in [4.78, 5) is 9.46. The van der Waals surface area contributed by atoms with Crippen molar-refractivity contribution in [2.45, 2.75) is 25.1 Å². The van der Waals surface area contributed by atoms with Crippen molar-refractivity contribution < 1.29 is 9.90 Å². The molecule has 0 aromatic heterocycles. The third-order valence-corrected chi connectivity index (χ3v) is 3.14. The van der Waals surface area contributed by atoms with Crippen LogP contribution < -0.4 is 5.11 Å². The number of nitrogens with zero attached hydrogens (tertiary/aromatic N) is 1. The van der Waals surface area contributed by atoms with E-state index < -0.39 is 16.2 Å². The minimum Gasteiger partial charge on any atom is -0.549 e. The Bertz CT molecular complexity index is 199. The van der Waals surface area contributed by atoms with Crippen molar-refractivity contribution >= 4 is 21.9 Å². The van der Waals surface area contributed by atoms with Crippen molar-refractivity contribution in [2.24, 2.45) is 5.41 Å². The molecule has 4 heteroatoms. The van der Waals surface area contributed by atoms with E-state index in [9.17, 15) is 9.90 Å². The highest BCUT2D eigenvalue weighted by atomic mass is 79.9. The maximum absolute atomic E-state index is 10.4. The Balaban J connectivity index is 4.53. The summed E-state index contributed by atoms with van der Waals surface area (Å²) in [6, 6.07) is 1.94. The summed E-state index contributed by atoms with van der Waals surface area (Å²) in [6.45, 7) is 3.35. The lowest BCUT2D eigenvalue weighted by Gasteiger charge is -2.26. The summed E-state index contributed by atoms with van der Waals surface area (Å²) < 4.78 is 0. The Labute approximate surface area is 74.1 Å². The fourth-order valence-electron chi connectivity index (χ4n) is 0.575. The molecule has 0 N–H and O–H groups in total. The number of nitriles is 1. The molecule has 62 valence electrons. The Morgan fingerprint density at radius 3 is 2.45 bits per heavy atom. The molecule has 0 aromatic rings. The van der Waals surface area contributed by atoms with Gasteiger partial charge in [-0.1, -0.05) is 22.9 Å². The molecule has 0 saturated carbocycles. The van der Waals surface area contributed by atoms with Crippen LogP contribution in [0.5, 0.6) is 0 Å². The third kappa shape index (κ3) is 2.19. The number of carbonyl (C=O) groups is 1. The number of hydrogen-bond acceptors (Lipinski definition) is 3. The van der Waals surface area contributed by atoms with Crippen molar-refractivity contribution in [1.82, 2.24) is 0 Å². The Kier molecular flexibility index (Phi) is 3.53. The number of rotatable bonds is 3. The van der Waals surface area contributed by atoms with Crippen molar-refractivity contribution in [1.29, 1.82) is 5.26 Å². The second kappa shape index (κ2) is 3.72. The Morgan fingerprint density at radius 1 is 1.91 bits per heavy atom. The van der Waals surface area contributed by atoms with E-state index in [1.807, 2.05) is 6.07 Å². The van der Waals surface area contributed by atoms with Gasteiger partial charge >= 0.3 is 0 Å². The van der Waals surface area contributed by atoms with Gasteiger partial charge in [-0.25, -0.2) is 0 Å². The topological polar surface area (TPSA) is 63.9 Å². The smallest absolute Gasteiger partial charge is 0.0724 e. The van der Waals surface area contributed by atoms with Crippen LogP contribution >= 0.6 is 15.9 Å². The molecule has 0 aromatic carbocycles. The minimum atomic E-state index is -1.24. The predicted molar refractivity (Wildman–Crippen MR) is 41.7 cm³/mol. The zero-order valence-electron chi connectivity index (χ0n) is 6.43. The summed E-state index contributed by atoms with van der Waals surface area (Å²) in [5.74, 6) is -1.24. The molecule has 0 aliphatic rings. The second-order valence-corrected chi connectivity index (χ2v) is 3.48. The van der Waals surface area contributed by atoms with Crippen LogP contribution in [-0.4, -0.2) is 10.8 Å². The summed E-state index contributed by atoms with van der Waals surface area (Å²) in [5.41, 5.74) is -0.876. The molecule has 0 heterocycles. The van der Waals surface area contributed by atoms with E-state index in [1.54, 1.807) is 13.8 Å². The normalized spacial score (nSPS) is 18.0. The van der Waals surface area contributed by atoms with E-state index in [0.29, 0.717) is 6.42 Å². The largest absolute Gasteiger partial charge is 0.549 e. The number of aliphatic carboxylic acids is 1. The first kappa shape index (κ1) is 10.4. The van der Waals surface area contributed by atoms with Crippen molar-refractivity contribution in [2.75, 3.05) is 0 Å². The van der Waals surface area contributed by atoms with Crippen LogP contribution in [0.3, 0.4) is 0 Å². The quantitative estimate of drug-likeness (QED) is 0.647. The van der Waals surface area contributed by atoms with E-state index in [1.165, 1.54) is 0 Å². The van der Waals surface area contributed by atoms with Gasteiger partial charge in [0.1, 0.15) is 0 Å². The summed E-state index contributed by atoms with van der Waals surface area (Å²) >= 11 is 2.90. The molecular weight excluding hydrogens is 210 g/mol. The molecule has 2 unspecified atom stereocenters. The van der Waals surface area contributed by atoms with Crippen molar-refractivity contribution in [3.8, 4) is 6.07 Å². The van der Waals surface area contributed by atoms with Crippen LogP contribution in [0.2, 0.25) is 0 Å². The average Bonchev–Trinajstić information content (AvgIpc) is 2.01. The lowest BCUT2D eigenvalue weighted by Crippen LogP contribution is -2.41. The van der Waals surface area contributed by atoms with Crippen molar-refractivity contribution in [3.05, 3.63) is 0 Å². The van der Waals surface area contributed by atoms with Gasteiger partial charge in [0.05, 0.1) is 22.3 Å². The summed E-state index contributed by atoms with van der Waals surface area (Å²) in [5, 5.41) is 19.0. The van der Waals surface area contributed by atoms with E-state index in [0.717, 1.165) is 0 Å². The number of alkyl halides is 1. The first-order valence-electron chi connectivity index (χ1n) is 3.24. The maximum Gasteiger partial charge on any atom is 0.0724 e. The predicted octanol–water partition coefficient (Wildman–Crippen LogP) is 0.440. The standard InChI is InChI=1S/C7H10BrNO2/c1-3-7(2,4-9)5(8)6(10)11/h5H,3H2,1-2H3,(H,10,11)/p-1. The molecule has 2 atom stereocenters. The van der Waals surface area contributed by atoms with Gasteiger partial charge in [0.2, 0.25) is 0 Å². The van der Waals surface area contributed by atoms with Gasteiger partial charge in [-0.05, 0) is 13.3 Å². The van der Waals surface area contributed by atoms with Crippen LogP contribution in [-0.2, 0) is 4.79 Å². The lowest BCUT2D eigenvalue weighted by molar-refractivity contribution is -0.306. The van der Waals surface area contributed by atoms with Gasteiger partial charge in [-0.3, -0.25) is 0 Å². The molecule has 0 spiro atoms. The molecule has 0 bridgehead atoms. The zero-order valence-corrected chi connectivity index (χ0v) is 8.01. The van der Waals surface area contributed by atoms with Gasteiger partial charge in [-0.2, -0.15) is 5.26 Å². The first-order valence-corrected chi connectivity index (χ1v) is 4.15. The van der Waals surface area contributed by atoms with Crippen molar-refractivity contribution in [3.63, 3.8) is 0 Å². The van der Waals surface area contributed by atoms with E-state index in [-0.39, 0.29) is 0 Å². The molecule has 0 aliphatic heterocycles. The van der Waals surface area contributed by atoms with Crippen LogP contribution in [0, 0.1) is 16.7 Å². The lowest BCUT2D eigenvalue weighted by atomic mass is 9.86. The molecule has 0 rings (SSSR count). The molecule has 0 aliphatic carbocycles. The van der Waals surface area contributed by atoms with Crippen LogP contribution in [0.15, 0.2) is 0 Å². The van der Waals surface area contributed by atoms with Crippen LogP contribution in [0.4, 0.5) is 0 Å². The van der Waals surface area contributed by atoms with E-state index >= 15 is 0 Å². The minimum absolute atomic E-state index is 0.480. The number of hydrogen-bond donors (Lipinski definition) is 0. The highest BCUT2D eigenvalue weighted by molar-refractivity contribution is 9.10.